The SMILES string of the molecule is NCc1ncoc1-c1ccccn1. The van der Waals surface area contributed by atoms with E-state index in [2.05, 4.69) is 9.97 Å². The first-order chi connectivity index (χ1) is 6.42. The maximum Gasteiger partial charge on any atom is 0.181 e. The molecule has 0 aliphatic heterocycles. The molecule has 0 radical (unpaired) electrons. The summed E-state index contributed by atoms with van der Waals surface area (Å²) in [5.41, 5.74) is 6.98. The van der Waals surface area contributed by atoms with Crippen LogP contribution in [0.5, 0.6) is 0 Å². The number of pyridine rings is 1. The molecule has 0 saturated heterocycles. The van der Waals surface area contributed by atoms with Crippen LogP contribution in [0.2, 0.25) is 0 Å². The van der Waals surface area contributed by atoms with Crippen molar-refractivity contribution in [1.82, 2.24) is 9.97 Å². The van der Waals surface area contributed by atoms with Gasteiger partial charge < -0.3 is 10.2 Å². The van der Waals surface area contributed by atoms with Gasteiger partial charge in [0.05, 0.1) is 0 Å². The zero-order valence-electron chi connectivity index (χ0n) is 6.97. The monoisotopic (exact) mass is 175 g/mol. The minimum absolute atomic E-state index is 0.363. The lowest BCUT2D eigenvalue weighted by atomic mass is 10.2. The lowest BCUT2D eigenvalue weighted by Crippen LogP contribution is -1.98. The summed E-state index contributed by atoms with van der Waals surface area (Å²) in [4.78, 5) is 8.12. The third-order valence-electron chi connectivity index (χ3n) is 1.73. The van der Waals surface area contributed by atoms with Gasteiger partial charge in [-0.15, -0.1) is 0 Å². The van der Waals surface area contributed by atoms with Crippen molar-refractivity contribution in [2.24, 2.45) is 5.73 Å². The lowest BCUT2D eigenvalue weighted by Gasteiger charge is -1.96. The molecule has 2 N–H and O–H groups in total. The van der Waals surface area contributed by atoms with E-state index in [0.717, 1.165) is 11.4 Å². The van der Waals surface area contributed by atoms with Crippen LogP contribution >= 0.6 is 0 Å². The van der Waals surface area contributed by atoms with Gasteiger partial charge in [0.15, 0.2) is 12.2 Å². The highest BCUT2D eigenvalue weighted by molar-refractivity contribution is 5.54. The molecule has 2 heterocycles. The second kappa shape index (κ2) is 3.37. The Balaban J connectivity index is 2.47. The standard InChI is InChI=1S/C9H9N3O/c10-5-8-9(13-6-12-8)7-3-1-2-4-11-7/h1-4,6H,5,10H2. The Hall–Kier alpha value is -1.68. The molecule has 0 unspecified atom stereocenters. The minimum atomic E-state index is 0.363. The fraction of sp³-hybridized carbons (Fsp3) is 0.111. The molecule has 2 aromatic heterocycles. The predicted molar refractivity (Wildman–Crippen MR) is 47.6 cm³/mol. The molecule has 4 heteroatoms. The molecule has 0 bridgehead atoms. The summed E-state index contributed by atoms with van der Waals surface area (Å²) in [5, 5.41) is 0. The Kier molecular flexibility index (Phi) is 2.06. The molecule has 0 amide bonds. The Labute approximate surface area is 75.4 Å². The normalized spacial score (nSPS) is 10.2. The summed E-state index contributed by atoms with van der Waals surface area (Å²) >= 11 is 0. The zero-order chi connectivity index (χ0) is 9.10. The number of aromatic nitrogens is 2. The van der Waals surface area contributed by atoms with Crippen LogP contribution in [-0.2, 0) is 6.54 Å². The van der Waals surface area contributed by atoms with Gasteiger partial charge in [-0.3, -0.25) is 4.98 Å². The van der Waals surface area contributed by atoms with Crippen molar-refractivity contribution in [3.05, 3.63) is 36.5 Å². The van der Waals surface area contributed by atoms with Gasteiger partial charge in [-0.05, 0) is 12.1 Å². The molecule has 0 fully saturated rings. The van der Waals surface area contributed by atoms with Gasteiger partial charge in [0, 0.05) is 12.7 Å². The summed E-state index contributed by atoms with van der Waals surface area (Å²) in [6, 6.07) is 5.60. The van der Waals surface area contributed by atoms with Crippen molar-refractivity contribution in [2.75, 3.05) is 0 Å². The fourth-order valence-electron chi connectivity index (χ4n) is 1.12. The van der Waals surface area contributed by atoms with Crippen LogP contribution in [-0.4, -0.2) is 9.97 Å². The van der Waals surface area contributed by atoms with Crippen LogP contribution in [0.25, 0.3) is 11.5 Å². The first kappa shape index (κ1) is 7.94. The number of nitrogens with two attached hydrogens (primary N) is 1. The smallest absolute Gasteiger partial charge is 0.181 e. The van der Waals surface area contributed by atoms with Crippen molar-refractivity contribution in [3.8, 4) is 11.5 Å². The molecule has 0 aromatic carbocycles. The largest absolute Gasteiger partial charge is 0.442 e. The molecular formula is C9H9N3O. The van der Waals surface area contributed by atoms with E-state index in [1.807, 2.05) is 18.2 Å². The summed E-state index contributed by atoms with van der Waals surface area (Å²) in [5.74, 6) is 0.656. The quantitative estimate of drug-likeness (QED) is 0.744. The number of hydrogen-bond acceptors (Lipinski definition) is 4. The van der Waals surface area contributed by atoms with Crippen LogP contribution in [0.4, 0.5) is 0 Å². The van der Waals surface area contributed by atoms with E-state index in [-0.39, 0.29) is 0 Å². The second-order valence-electron chi connectivity index (χ2n) is 2.55. The molecule has 2 aromatic rings. The van der Waals surface area contributed by atoms with E-state index in [4.69, 9.17) is 10.2 Å². The molecule has 4 nitrogen and oxygen atoms in total. The summed E-state index contributed by atoms with van der Waals surface area (Å²) in [6.45, 7) is 0.363. The third-order valence-corrected chi connectivity index (χ3v) is 1.73. The predicted octanol–water partition coefficient (Wildman–Crippen LogP) is 1.20. The summed E-state index contributed by atoms with van der Waals surface area (Å²) in [7, 11) is 0. The van der Waals surface area contributed by atoms with E-state index in [1.165, 1.54) is 6.39 Å². The topological polar surface area (TPSA) is 64.9 Å². The lowest BCUT2D eigenvalue weighted by molar-refractivity contribution is 0.568. The van der Waals surface area contributed by atoms with Crippen LogP contribution in [0, 0.1) is 0 Å². The van der Waals surface area contributed by atoms with Crippen molar-refractivity contribution >= 4 is 0 Å². The van der Waals surface area contributed by atoms with Gasteiger partial charge in [-0.25, -0.2) is 4.98 Å². The molecule has 0 saturated carbocycles. The molecule has 0 atom stereocenters. The van der Waals surface area contributed by atoms with Gasteiger partial charge >= 0.3 is 0 Å². The average Bonchev–Trinajstić information content (AvgIpc) is 2.67. The van der Waals surface area contributed by atoms with Gasteiger partial charge in [0.25, 0.3) is 0 Å². The average molecular weight is 175 g/mol. The molecular weight excluding hydrogens is 166 g/mol. The number of rotatable bonds is 2. The molecule has 66 valence electrons. The summed E-state index contributed by atoms with van der Waals surface area (Å²) < 4.78 is 5.19. The maximum absolute atomic E-state index is 5.48. The van der Waals surface area contributed by atoms with Gasteiger partial charge in [0.1, 0.15) is 11.4 Å². The van der Waals surface area contributed by atoms with Crippen LogP contribution in [0.1, 0.15) is 5.69 Å². The maximum atomic E-state index is 5.48. The number of nitrogens with zero attached hydrogens (tertiary/aromatic N) is 2. The summed E-state index contributed by atoms with van der Waals surface area (Å²) in [6.07, 6.45) is 3.09. The van der Waals surface area contributed by atoms with Gasteiger partial charge in [0.2, 0.25) is 0 Å². The van der Waals surface area contributed by atoms with Crippen LogP contribution < -0.4 is 5.73 Å². The number of oxazole rings is 1. The van der Waals surface area contributed by atoms with Crippen LogP contribution in [0.3, 0.4) is 0 Å². The molecule has 2 rings (SSSR count). The van der Waals surface area contributed by atoms with Crippen molar-refractivity contribution in [2.45, 2.75) is 6.54 Å². The highest BCUT2D eigenvalue weighted by atomic mass is 16.3. The Morgan fingerprint density at radius 3 is 2.92 bits per heavy atom. The molecule has 0 aliphatic rings. The van der Waals surface area contributed by atoms with Crippen molar-refractivity contribution in [3.63, 3.8) is 0 Å². The highest BCUT2D eigenvalue weighted by Crippen LogP contribution is 2.19. The first-order valence-electron chi connectivity index (χ1n) is 3.95. The van der Waals surface area contributed by atoms with E-state index in [9.17, 15) is 0 Å². The molecule has 13 heavy (non-hydrogen) atoms. The van der Waals surface area contributed by atoms with Gasteiger partial charge in [-0.1, -0.05) is 6.07 Å². The molecule has 0 spiro atoms. The van der Waals surface area contributed by atoms with E-state index in [1.54, 1.807) is 6.20 Å². The number of hydrogen-bond donors (Lipinski definition) is 1. The fourth-order valence-corrected chi connectivity index (χ4v) is 1.12. The van der Waals surface area contributed by atoms with Crippen molar-refractivity contribution in [1.29, 1.82) is 0 Å². The minimum Gasteiger partial charge on any atom is -0.442 e. The first-order valence-corrected chi connectivity index (χ1v) is 3.95. The Bertz CT molecular complexity index is 383. The third kappa shape index (κ3) is 1.43. The molecule has 0 aliphatic carbocycles. The van der Waals surface area contributed by atoms with E-state index >= 15 is 0 Å². The highest BCUT2D eigenvalue weighted by Gasteiger charge is 2.08. The van der Waals surface area contributed by atoms with Crippen LogP contribution in [0.15, 0.2) is 35.2 Å². The zero-order valence-corrected chi connectivity index (χ0v) is 6.97. The Morgan fingerprint density at radius 1 is 1.31 bits per heavy atom. The van der Waals surface area contributed by atoms with E-state index < -0.39 is 0 Å². The van der Waals surface area contributed by atoms with E-state index in [0.29, 0.717) is 12.3 Å². The van der Waals surface area contributed by atoms with Crippen molar-refractivity contribution < 1.29 is 4.42 Å². The Morgan fingerprint density at radius 2 is 2.23 bits per heavy atom. The second-order valence-corrected chi connectivity index (χ2v) is 2.55. The van der Waals surface area contributed by atoms with Gasteiger partial charge in [-0.2, -0.15) is 0 Å².